The molecule has 0 aromatic heterocycles. The van der Waals surface area contributed by atoms with Crippen LogP contribution >= 0.6 is 0 Å². The molecule has 0 bridgehead atoms. The zero-order chi connectivity index (χ0) is 10.3. The van der Waals surface area contributed by atoms with Gasteiger partial charge in [-0.1, -0.05) is 6.07 Å². The molecule has 0 atom stereocenters. The minimum atomic E-state index is -0.0233. The average molecular weight is 205 g/mol. The van der Waals surface area contributed by atoms with Gasteiger partial charge >= 0.3 is 0 Å². The van der Waals surface area contributed by atoms with Crippen LogP contribution in [0.25, 0.3) is 0 Å². The predicted molar refractivity (Wildman–Crippen MR) is 58.4 cm³/mol. The van der Waals surface area contributed by atoms with Crippen LogP contribution < -0.4 is 10.1 Å². The van der Waals surface area contributed by atoms with Crippen molar-refractivity contribution in [1.82, 2.24) is 5.32 Å². The zero-order valence-electron chi connectivity index (χ0n) is 8.45. The lowest BCUT2D eigenvalue weighted by atomic mass is 10.1. The fourth-order valence-corrected chi connectivity index (χ4v) is 1.94. The SMILES string of the molecule is O=C1NCCOc2cc(C3CC3)ccc21.[HH]. The molecule has 15 heavy (non-hydrogen) atoms. The summed E-state index contributed by atoms with van der Waals surface area (Å²) in [5.74, 6) is 1.42. The van der Waals surface area contributed by atoms with Crippen LogP contribution in [-0.4, -0.2) is 19.1 Å². The summed E-state index contributed by atoms with van der Waals surface area (Å²) in [7, 11) is 0. The van der Waals surface area contributed by atoms with E-state index in [1.165, 1.54) is 18.4 Å². The number of amides is 1. The molecule has 1 aliphatic heterocycles. The second kappa shape index (κ2) is 3.26. The summed E-state index contributed by atoms with van der Waals surface area (Å²) in [4.78, 5) is 11.6. The number of hydrogen-bond acceptors (Lipinski definition) is 2. The second-order valence-corrected chi connectivity index (χ2v) is 4.13. The van der Waals surface area contributed by atoms with Crippen LogP contribution in [0.3, 0.4) is 0 Å². The number of benzene rings is 1. The van der Waals surface area contributed by atoms with Crippen LogP contribution in [0.5, 0.6) is 5.75 Å². The third-order valence-electron chi connectivity index (χ3n) is 2.94. The third kappa shape index (κ3) is 1.58. The first-order chi connectivity index (χ1) is 7.34. The van der Waals surface area contributed by atoms with Gasteiger partial charge in [-0.15, -0.1) is 0 Å². The lowest BCUT2D eigenvalue weighted by Gasteiger charge is -2.07. The number of rotatable bonds is 1. The highest BCUT2D eigenvalue weighted by molar-refractivity contribution is 5.97. The molecule has 1 fully saturated rings. The maximum absolute atomic E-state index is 11.6. The quantitative estimate of drug-likeness (QED) is 0.760. The maximum Gasteiger partial charge on any atom is 0.255 e. The Kier molecular flexibility index (Phi) is 1.91. The molecule has 0 spiro atoms. The number of nitrogens with one attached hydrogen (secondary N) is 1. The van der Waals surface area contributed by atoms with E-state index >= 15 is 0 Å². The molecule has 1 N–H and O–H groups in total. The zero-order valence-corrected chi connectivity index (χ0v) is 8.45. The largest absolute Gasteiger partial charge is 0.491 e. The van der Waals surface area contributed by atoms with Gasteiger partial charge < -0.3 is 10.1 Å². The van der Waals surface area contributed by atoms with Gasteiger partial charge in [0.1, 0.15) is 12.4 Å². The number of carbonyl (C=O) groups excluding carboxylic acids is 1. The molecular formula is C12H15NO2. The second-order valence-electron chi connectivity index (χ2n) is 4.13. The summed E-state index contributed by atoms with van der Waals surface area (Å²) in [5, 5.41) is 2.80. The van der Waals surface area contributed by atoms with Crippen LogP contribution in [0, 0.1) is 0 Å². The number of hydrogen-bond donors (Lipinski definition) is 1. The first-order valence-corrected chi connectivity index (χ1v) is 5.39. The molecule has 2 aliphatic rings. The summed E-state index contributed by atoms with van der Waals surface area (Å²) in [6, 6.07) is 5.95. The molecule has 3 nitrogen and oxygen atoms in total. The number of carbonyl (C=O) groups is 1. The van der Waals surface area contributed by atoms with Gasteiger partial charge in [-0.05, 0) is 36.5 Å². The van der Waals surface area contributed by atoms with Gasteiger partial charge in [-0.3, -0.25) is 4.79 Å². The molecule has 0 saturated heterocycles. The maximum atomic E-state index is 11.6. The van der Waals surface area contributed by atoms with Gasteiger partial charge in [0.25, 0.3) is 5.91 Å². The van der Waals surface area contributed by atoms with E-state index in [0.717, 1.165) is 5.75 Å². The molecule has 3 heteroatoms. The molecule has 0 radical (unpaired) electrons. The van der Waals surface area contributed by atoms with Crippen molar-refractivity contribution in [2.24, 2.45) is 0 Å². The standard InChI is InChI=1S/C12H13NO2.H2/c14-12-10-4-3-9(8-1-2-8)7-11(10)15-6-5-13-12;/h3-4,7-8H,1-2,5-6H2,(H,13,14);1H. The topological polar surface area (TPSA) is 38.3 Å². The first kappa shape index (κ1) is 8.77. The summed E-state index contributed by atoms with van der Waals surface area (Å²) in [5.41, 5.74) is 1.97. The number of ether oxygens (including phenoxy) is 1. The predicted octanol–water partition coefficient (Wildman–Crippen LogP) is 1.93. The van der Waals surface area contributed by atoms with E-state index < -0.39 is 0 Å². The highest BCUT2D eigenvalue weighted by Crippen LogP contribution is 2.41. The minimum absolute atomic E-state index is 0. The van der Waals surface area contributed by atoms with E-state index in [1.54, 1.807) is 0 Å². The molecule has 1 aromatic carbocycles. The molecule has 1 amide bonds. The Morgan fingerprint density at radius 3 is 3.07 bits per heavy atom. The first-order valence-electron chi connectivity index (χ1n) is 5.39. The van der Waals surface area contributed by atoms with E-state index in [0.29, 0.717) is 24.6 Å². The van der Waals surface area contributed by atoms with Crippen molar-refractivity contribution in [1.29, 1.82) is 0 Å². The highest BCUT2D eigenvalue weighted by Gasteiger charge is 2.25. The van der Waals surface area contributed by atoms with E-state index in [1.807, 2.05) is 18.2 Å². The summed E-state index contributed by atoms with van der Waals surface area (Å²) >= 11 is 0. The Balaban J connectivity index is 0.000000963. The fourth-order valence-electron chi connectivity index (χ4n) is 1.94. The van der Waals surface area contributed by atoms with Gasteiger partial charge in [0.15, 0.2) is 0 Å². The lowest BCUT2D eigenvalue weighted by Crippen LogP contribution is -2.24. The van der Waals surface area contributed by atoms with E-state index in [4.69, 9.17) is 4.74 Å². The van der Waals surface area contributed by atoms with Gasteiger partial charge in [-0.25, -0.2) is 0 Å². The van der Waals surface area contributed by atoms with Crippen molar-refractivity contribution in [3.63, 3.8) is 0 Å². The normalized spacial score (nSPS) is 19.9. The molecule has 80 valence electrons. The van der Waals surface area contributed by atoms with E-state index in [-0.39, 0.29) is 7.33 Å². The van der Waals surface area contributed by atoms with Crippen LogP contribution in [-0.2, 0) is 0 Å². The fraction of sp³-hybridized carbons (Fsp3) is 0.417. The van der Waals surface area contributed by atoms with Crippen molar-refractivity contribution in [3.8, 4) is 5.75 Å². The van der Waals surface area contributed by atoms with Gasteiger partial charge in [0, 0.05) is 1.43 Å². The molecule has 1 saturated carbocycles. The smallest absolute Gasteiger partial charge is 0.255 e. The van der Waals surface area contributed by atoms with Crippen LogP contribution in [0.1, 0.15) is 36.1 Å². The Morgan fingerprint density at radius 2 is 2.27 bits per heavy atom. The third-order valence-corrected chi connectivity index (χ3v) is 2.94. The van der Waals surface area contributed by atoms with Crippen molar-refractivity contribution < 1.29 is 11.0 Å². The number of fused-ring (bicyclic) bond motifs is 1. The molecule has 3 rings (SSSR count). The van der Waals surface area contributed by atoms with Gasteiger partial charge in [0.05, 0.1) is 12.1 Å². The summed E-state index contributed by atoms with van der Waals surface area (Å²) in [6.07, 6.45) is 2.54. The Labute approximate surface area is 89.9 Å². The van der Waals surface area contributed by atoms with Crippen molar-refractivity contribution in [2.75, 3.05) is 13.2 Å². The van der Waals surface area contributed by atoms with Crippen LogP contribution in [0.4, 0.5) is 0 Å². The lowest BCUT2D eigenvalue weighted by molar-refractivity contribution is 0.0957. The Hall–Kier alpha value is -1.51. The van der Waals surface area contributed by atoms with Crippen LogP contribution in [0.2, 0.25) is 0 Å². The Morgan fingerprint density at radius 1 is 1.40 bits per heavy atom. The summed E-state index contributed by atoms with van der Waals surface area (Å²) in [6.45, 7) is 1.15. The molecule has 1 aromatic rings. The monoisotopic (exact) mass is 205 g/mol. The molecule has 1 heterocycles. The van der Waals surface area contributed by atoms with E-state index in [2.05, 4.69) is 5.32 Å². The Bertz CT molecular complexity index is 415. The summed E-state index contributed by atoms with van der Waals surface area (Å²) < 4.78 is 5.55. The molecular weight excluding hydrogens is 190 g/mol. The molecule has 0 unspecified atom stereocenters. The van der Waals surface area contributed by atoms with Crippen LogP contribution in [0.15, 0.2) is 18.2 Å². The van der Waals surface area contributed by atoms with Gasteiger partial charge in [-0.2, -0.15) is 0 Å². The minimum Gasteiger partial charge on any atom is -0.491 e. The van der Waals surface area contributed by atoms with E-state index in [9.17, 15) is 4.79 Å². The average Bonchev–Trinajstić information content (AvgIpc) is 3.06. The highest BCUT2D eigenvalue weighted by atomic mass is 16.5. The van der Waals surface area contributed by atoms with Gasteiger partial charge in [0.2, 0.25) is 0 Å². The van der Waals surface area contributed by atoms with Crippen molar-refractivity contribution >= 4 is 5.91 Å². The van der Waals surface area contributed by atoms with Crippen molar-refractivity contribution in [3.05, 3.63) is 29.3 Å². The molecule has 1 aliphatic carbocycles. The van der Waals surface area contributed by atoms with Crippen molar-refractivity contribution in [2.45, 2.75) is 18.8 Å².